The number of fused-ring (bicyclic) bond motifs is 3. The molecule has 2 atom stereocenters. The van der Waals surface area contributed by atoms with Crippen molar-refractivity contribution in [1.29, 1.82) is 0 Å². The van der Waals surface area contributed by atoms with Crippen molar-refractivity contribution in [3.05, 3.63) is 33.4 Å². The van der Waals surface area contributed by atoms with Crippen molar-refractivity contribution in [3.63, 3.8) is 0 Å². The molecule has 0 fully saturated rings. The van der Waals surface area contributed by atoms with Crippen molar-refractivity contribution in [1.82, 2.24) is 14.9 Å². The van der Waals surface area contributed by atoms with Gasteiger partial charge in [0, 0.05) is 17.5 Å². The number of allylic oxidation sites excluding steroid dienone is 1. The Morgan fingerprint density at radius 3 is 2.89 bits per heavy atom. The number of thioether (sulfide) groups is 1. The maximum atomic E-state index is 13.2. The number of hydrogen-bond donors (Lipinski definition) is 1. The molecule has 1 aliphatic rings. The Balaban J connectivity index is 1.91. The van der Waals surface area contributed by atoms with Crippen LogP contribution in [0.25, 0.3) is 10.2 Å². The highest BCUT2D eigenvalue weighted by atomic mass is 32.2. The highest BCUT2D eigenvalue weighted by Gasteiger charge is 2.24. The molecule has 0 saturated carbocycles. The van der Waals surface area contributed by atoms with Crippen LogP contribution in [0, 0.1) is 11.8 Å². The van der Waals surface area contributed by atoms with Crippen LogP contribution in [0.2, 0.25) is 0 Å². The predicted octanol–water partition coefficient (Wildman–Crippen LogP) is 4.02. The largest absolute Gasteiger partial charge is 0.353 e. The quantitative estimate of drug-likeness (QED) is 0.418. The lowest BCUT2D eigenvalue weighted by Crippen LogP contribution is -2.37. The van der Waals surface area contributed by atoms with Gasteiger partial charge in [0.05, 0.1) is 11.1 Å². The summed E-state index contributed by atoms with van der Waals surface area (Å²) in [5, 5.41) is 4.37. The molecule has 1 N–H and O–H groups in total. The second-order valence-electron chi connectivity index (χ2n) is 8.02. The number of amides is 1. The van der Waals surface area contributed by atoms with E-state index in [1.807, 2.05) is 6.92 Å². The fraction of sp³-hybridized carbons (Fsp3) is 0.571. The third kappa shape index (κ3) is 4.35. The van der Waals surface area contributed by atoms with E-state index in [2.05, 4.69) is 32.7 Å². The molecule has 2 aromatic heterocycles. The first-order valence-electron chi connectivity index (χ1n) is 9.90. The van der Waals surface area contributed by atoms with Gasteiger partial charge in [-0.25, -0.2) is 4.98 Å². The SMILES string of the molecule is C=CCn1c(SCC(=O)N[C@@H](C)C(C)C)nc2sc3c(c2c1=O)CC[C@@H](C)C3. The van der Waals surface area contributed by atoms with Gasteiger partial charge in [-0.1, -0.05) is 38.6 Å². The zero-order valence-corrected chi connectivity index (χ0v) is 18.7. The van der Waals surface area contributed by atoms with Gasteiger partial charge in [-0.3, -0.25) is 14.2 Å². The number of aryl methyl sites for hydroxylation is 1. The fourth-order valence-electron chi connectivity index (χ4n) is 3.40. The van der Waals surface area contributed by atoms with E-state index in [9.17, 15) is 9.59 Å². The number of aromatic nitrogens is 2. The average molecular weight is 420 g/mol. The van der Waals surface area contributed by atoms with Crippen molar-refractivity contribution in [2.45, 2.75) is 64.7 Å². The number of thiophene rings is 1. The van der Waals surface area contributed by atoms with E-state index in [-0.39, 0.29) is 23.3 Å². The third-order valence-electron chi connectivity index (χ3n) is 5.41. The van der Waals surface area contributed by atoms with Crippen LogP contribution in [0.5, 0.6) is 0 Å². The standard InChI is InChI=1S/C21H29N3O2S2/c1-6-9-24-20(26)18-15-8-7-13(4)10-16(15)28-19(18)23-21(24)27-11-17(25)22-14(5)12(2)3/h6,12-14H,1,7-11H2,2-5H3,(H,22,25)/t13-,14+/m1/s1. The molecule has 0 bridgehead atoms. The van der Waals surface area contributed by atoms with E-state index in [4.69, 9.17) is 4.98 Å². The van der Waals surface area contributed by atoms with Gasteiger partial charge >= 0.3 is 0 Å². The molecule has 28 heavy (non-hydrogen) atoms. The Morgan fingerprint density at radius 1 is 1.46 bits per heavy atom. The molecule has 0 spiro atoms. The molecule has 3 rings (SSSR count). The Hall–Kier alpha value is -1.60. The van der Waals surface area contributed by atoms with E-state index in [1.54, 1.807) is 22.0 Å². The van der Waals surface area contributed by atoms with Gasteiger partial charge in [0.2, 0.25) is 5.91 Å². The summed E-state index contributed by atoms with van der Waals surface area (Å²) in [5.41, 5.74) is 1.18. The maximum absolute atomic E-state index is 13.2. The number of carbonyl (C=O) groups is 1. The van der Waals surface area contributed by atoms with Crippen LogP contribution in [0.3, 0.4) is 0 Å². The number of nitrogens with one attached hydrogen (secondary N) is 1. The number of rotatable bonds is 7. The van der Waals surface area contributed by atoms with E-state index < -0.39 is 0 Å². The lowest BCUT2D eigenvalue weighted by Gasteiger charge is -2.18. The molecule has 0 aliphatic heterocycles. The molecule has 2 aromatic rings. The van der Waals surface area contributed by atoms with Gasteiger partial charge in [0.1, 0.15) is 4.83 Å². The zero-order chi connectivity index (χ0) is 20.4. The van der Waals surface area contributed by atoms with Crippen LogP contribution in [-0.2, 0) is 24.2 Å². The Labute approximate surface area is 174 Å². The van der Waals surface area contributed by atoms with Gasteiger partial charge < -0.3 is 5.32 Å². The van der Waals surface area contributed by atoms with Crippen molar-refractivity contribution < 1.29 is 4.79 Å². The van der Waals surface area contributed by atoms with Gasteiger partial charge in [-0.2, -0.15) is 0 Å². The van der Waals surface area contributed by atoms with Crippen LogP contribution in [0.15, 0.2) is 22.6 Å². The minimum atomic E-state index is -0.0370. The molecular weight excluding hydrogens is 390 g/mol. The minimum Gasteiger partial charge on any atom is -0.353 e. The summed E-state index contributed by atoms with van der Waals surface area (Å²) < 4.78 is 1.66. The lowest BCUT2D eigenvalue weighted by atomic mass is 9.89. The van der Waals surface area contributed by atoms with Gasteiger partial charge in [0.15, 0.2) is 5.16 Å². The van der Waals surface area contributed by atoms with Crippen LogP contribution in [0.4, 0.5) is 0 Å². The highest BCUT2D eigenvalue weighted by Crippen LogP contribution is 2.36. The maximum Gasteiger partial charge on any atom is 0.263 e. The monoisotopic (exact) mass is 419 g/mol. The molecule has 0 aromatic carbocycles. The van der Waals surface area contributed by atoms with Crippen LogP contribution < -0.4 is 10.9 Å². The lowest BCUT2D eigenvalue weighted by molar-refractivity contribution is -0.119. The number of hydrogen-bond acceptors (Lipinski definition) is 5. The smallest absolute Gasteiger partial charge is 0.263 e. The summed E-state index contributed by atoms with van der Waals surface area (Å²) in [4.78, 5) is 32.4. The van der Waals surface area contributed by atoms with Crippen molar-refractivity contribution >= 4 is 39.2 Å². The normalized spacial score (nSPS) is 17.5. The fourth-order valence-corrected chi connectivity index (χ4v) is 5.64. The molecule has 152 valence electrons. The molecule has 5 nitrogen and oxygen atoms in total. The van der Waals surface area contributed by atoms with Gasteiger partial charge in [-0.05, 0) is 43.6 Å². The zero-order valence-electron chi connectivity index (χ0n) is 17.1. The molecule has 2 heterocycles. The molecule has 0 unspecified atom stereocenters. The Kier molecular flexibility index (Phi) is 6.65. The predicted molar refractivity (Wildman–Crippen MR) is 118 cm³/mol. The molecular formula is C21H29N3O2S2. The van der Waals surface area contributed by atoms with Crippen LogP contribution >= 0.6 is 23.1 Å². The first kappa shape index (κ1) is 21.1. The van der Waals surface area contributed by atoms with E-state index in [0.717, 1.165) is 29.5 Å². The molecule has 1 aliphatic carbocycles. The minimum absolute atomic E-state index is 0.00425. The first-order chi connectivity index (χ1) is 13.3. The third-order valence-corrected chi connectivity index (χ3v) is 7.54. The summed E-state index contributed by atoms with van der Waals surface area (Å²) in [5.74, 6) is 1.23. The van der Waals surface area contributed by atoms with Crippen LogP contribution in [-0.4, -0.2) is 27.3 Å². The molecule has 1 amide bonds. The molecule has 0 saturated heterocycles. The Bertz CT molecular complexity index is 945. The number of nitrogens with zero attached hydrogens (tertiary/aromatic N) is 2. The van der Waals surface area contributed by atoms with Crippen molar-refractivity contribution in [3.8, 4) is 0 Å². The Morgan fingerprint density at radius 2 is 2.21 bits per heavy atom. The second-order valence-corrected chi connectivity index (χ2v) is 10.0. The first-order valence-corrected chi connectivity index (χ1v) is 11.7. The number of carbonyl (C=O) groups excluding carboxylic acids is 1. The van der Waals surface area contributed by atoms with Gasteiger partial charge in [-0.15, -0.1) is 17.9 Å². The molecule has 7 heteroatoms. The average Bonchev–Trinajstić information content (AvgIpc) is 2.99. The van der Waals surface area contributed by atoms with E-state index >= 15 is 0 Å². The summed E-state index contributed by atoms with van der Waals surface area (Å²) in [7, 11) is 0. The summed E-state index contributed by atoms with van der Waals surface area (Å²) in [6.45, 7) is 12.6. The van der Waals surface area contributed by atoms with Crippen molar-refractivity contribution in [2.24, 2.45) is 11.8 Å². The topological polar surface area (TPSA) is 64.0 Å². The highest BCUT2D eigenvalue weighted by molar-refractivity contribution is 7.99. The summed E-state index contributed by atoms with van der Waals surface area (Å²) in [6, 6.07) is 0.116. The van der Waals surface area contributed by atoms with E-state index in [0.29, 0.717) is 23.5 Å². The van der Waals surface area contributed by atoms with E-state index in [1.165, 1.54) is 22.2 Å². The summed E-state index contributed by atoms with van der Waals surface area (Å²) >= 11 is 2.97. The second kappa shape index (κ2) is 8.82. The summed E-state index contributed by atoms with van der Waals surface area (Å²) in [6.07, 6.45) is 4.80. The molecule has 0 radical (unpaired) electrons. The van der Waals surface area contributed by atoms with Gasteiger partial charge in [0.25, 0.3) is 5.56 Å². The van der Waals surface area contributed by atoms with Crippen LogP contribution in [0.1, 0.15) is 44.6 Å². The van der Waals surface area contributed by atoms with Crippen molar-refractivity contribution in [2.75, 3.05) is 5.75 Å².